The molecule has 0 saturated heterocycles. The van der Waals surface area contributed by atoms with Crippen LogP contribution >= 0.6 is 0 Å². The molecule has 132 valence electrons. The van der Waals surface area contributed by atoms with Crippen LogP contribution in [-0.4, -0.2) is 29.1 Å². The highest BCUT2D eigenvalue weighted by atomic mass is 16.6. The van der Waals surface area contributed by atoms with Gasteiger partial charge in [0.2, 0.25) is 0 Å². The largest absolute Gasteiger partial charge is 0.459 e. The molecule has 0 radical (unpaired) electrons. The lowest BCUT2D eigenvalue weighted by atomic mass is 10.0. The van der Waals surface area contributed by atoms with Crippen LogP contribution in [0.3, 0.4) is 0 Å². The highest BCUT2D eigenvalue weighted by Crippen LogP contribution is 2.14. The number of benzene rings is 1. The van der Waals surface area contributed by atoms with Crippen LogP contribution in [0.5, 0.6) is 0 Å². The number of rotatable bonds is 7. The lowest BCUT2D eigenvalue weighted by Crippen LogP contribution is -2.44. The van der Waals surface area contributed by atoms with Gasteiger partial charge in [-0.2, -0.15) is 0 Å². The van der Waals surface area contributed by atoms with Gasteiger partial charge in [0.15, 0.2) is 0 Å². The first-order valence-electron chi connectivity index (χ1n) is 7.97. The number of carbonyl (C=O) groups is 1. The van der Waals surface area contributed by atoms with Gasteiger partial charge in [0.05, 0.1) is 4.92 Å². The summed E-state index contributed by atoms with van der Waals surface area (Å²) < 4.78 is 5.42. The fourth-order valence-electron chi connectivity index (χ4n) is 2.05. The van der Waals surface area contributed by atoms with Crippen LogP contribution in [0, 0.1) is 16.0 Å². The van der Waals surface area contributed by atoms with Crippen molar-refractivity contribution in [3.05, 3.63) is 46.0 Å². The number of hydrogen-bond acceptors (Lipinski definition) is 5. The summed E-state index contributed by atoms with van der Waals surface area (Å²) in [7, 11) is 0. The number of hydrogen-bond donors (Lipinski definition) is 1. The van der Waals surface area contributed by atoms with Gasteiger partial charge in [-0.3, -0.25) is 14.9 Å². The molecule has 6 heteroatoms. The minimum atomic E-state index is -0.513. The molecule has 0 aliphatic heterocycles. The molecule has 0 saturated carbocycles. The van der Waals surface area contributed by atoms with Crippen LogP contribution < -0.4 is 5.32 Å². The molecule has 1 unspecified atom stereocenters. The van der Waals surface area contributed by atoms with Crippen molar-refractivity contribution >= 4 is 17.7 Å². The molecule has 1 N–H and O–H groups in total. The zero-order chi connectivity index (χ0) is 18.3. The molecule has 0 aliphatic rings. The second kappa shape index (κ2) is 8.59. The summed E-state index contributed by atoms with van der Waals surface area (Å²) in [5, 5.41) is 13.8. The molecule has 6 nitrogen and oxygen atoms in total. The normalized spacial score (nSPS) is 13.2. The molecular weight excluding hydrogens is 308 g/mol. The van der Waals surface area contributed by atoms with Crippen molar-refractivity contribution in [2.24, 2.45) is 5.92 Å². The Labute approximate surface area is 143 Å². The lowest BCUT2D eigenvalue weighted by molar-refractivity contribution is -0.384. The van der Waals surface area contributed by atoms with Crippen LogP contribution in [-0.2, 0) is 9.53 Å². The van der Waals surface area contributed by atoms with Gasteiger partial charge in [-0.1, -0.05) is 26.0 Å². The highest BCUT2D eigenvalue weighted by Gasteiger charge is 2.26. The Morgan fingerprint density at radius 2 is 1.88 bits per heavy atom. The van der Waals surface area contributed by atoms with Crippen molar-refractivity contribution in [1.29, 1.82) is 0 Å². The summed E-state index contributed by atoms with van der Waals surface area (Å²) in [5.74, 6) is -0.158. The Morgan fingerprint density at radius 3 is 2.33 bits per heavy atom. The first-order chi connectivity index (χ1) is 11.1. The first kappa shape index (κ1) is 19.8. The van der Waals surface area contributed by atoms with E-state index in [0.29, 0.717) is 6.54 Å². The molecule has 1 atom stereocenters. The summed E-state index contributed by atoms with van der Waals surface area (Å²) in [6.45, 7) is 9.95. The Kier molecular flexibility index (Phi) is 7.10. The number of nitrogens with zero attached hydrogens (tertiary/aromatic N) is 1. The molecule has 24 heavy (non-hydrogen) atoms. The van der Waals surface area contributed by atoms with E-state index >= 15 is 0 Å². The van der Waals surface area contributed by atoms with Gasteiger partial charge >= 0.3 is 5.97 Å². The van der Waals surface area contributed by atoms with Crippen molar-refractivity contribution in [1.82, 2.24) is 5.32 Å². The summed E-state index contributed by atoms with van der Waals surface area (Å²) in [5.41, 5.74) is 0.413. The van der Waals surface area contributed by atoms with Crippen molar-refractivity contribution in [2.45, 2.75) is 46.3 Å². The maximum Gasteiger partial charge on any atom is 0.323 e. The Morgan fingerprint density at radius 1 is 1.29 bits per heavy atom. The van der Waals surface area contributed by atoms with E-state index < -0.39 is 10.5 Å². The van der Waals surface area contributed by atoms with Crippen molar-refractivity contribution in [3.63, 3.8) is 0 Å². The number of non-ortho nitro benzene ring substituents is 1. The highest BCUT2D eigenvalue weighted by molar-refractivity contribution is 5.76. The Balaban J connectivity index is 2.58. The van der Waals surface area contributed by atoms with E-state index in [2.05, 4.69) is 5.32 Å². The van der Waals surface area contributed by atoms with Crippen molar-refractivity contribution in [3.8, 4) is 0 Å². The maximum atomic E-state index is 12.2. The van der Waals surface area contributed by atoms with Crippen molar-refractivity contribution < 1.29 is 14.5 Å². The van der Waals surface area contributed by atoms with Crippen LogP contribution in [0.1, 0.15) is 40.2 Å². The molecule has 0 aromatic heterocycles. The smallest absolute Gasteiger partial charge is 0.323 e. The predicted molar refractivity (Wildman–Crippen MR) is 94.6 cm³/mol. The third-order valence-corrected chi connectivity index (χ3v) is 3.20. The van der Waals surface area contributed by atoms with E-state index in [0.717, 1.165) is 5.56 Å². The Bertz CT molecular complexity index is 586. The van der Waals surface area contributed by atoms with Crippen LogP contribution in [0.4, 0.5) is 5.69 Å². The van der Waals surface area contributed by atoms with Crippen molar-refractivity contribution in [2.75, 3.05) is 6.54 Å². The predicted octanol–water partition coefficient (Wildman–Crippen LogP) is 3.56. The second-order valence-corrected chi connectivity index (χ2v) is 6.91. The third kappa shape index (κ3) is 6.91. The third-order valence-electron chi connectivity index (χ3n) is 3.20. The van der Waals surface area contributed by atoms with E-state index in [1.54, 1.807) is 12.1 Å². The van der Waals surface area contributed by atoms with Gasteiger partial charge < -0.3 is 10.1 Å². The van der Waals surface area contributed by atoms with E-state index in [4.69, 9.17) is 4.74 Å². The standard InChI is InChI=1S/C18H26N2O4/c1-13(2)16(17(21)24-18(3,4)5)19-12-6-7-14-8-10-15(11-9-14)20(22)23/h6-11,13,16,19H,12H2,1-5H3/b7-6+. The van der Waals surface area contributed by atoms with Gasteiger partial charge in [-0.25, -0.2) is 0 Å². The van der Waals surface area contributed by atoms with E-state index in [-0.39, 0.29) is 23.6 Å². The molecule has 0 fully saturated rings. The van der Waals surface area contributed by atoms with E-state index in [9.17, 15) is 14.9 Å². The lowest BCUT2D eigenvalue weighted by Gasteiger charge is -2.26. The van der Waals surface area contributed by atoms with Crippen LogP contribution in [0.2, 0.25) is 0 Å². The molecule has 0 spiro atoms. The zero-order valence-electron chi connectivity index (χ0n) is 14.9. The molecule has 1 aromatic rings. The number of nitro groups is 1. The van der Waals surface area contributed by atoms with Crippen LogP contribution in [0.15, 0.2) is 30.3 Å². The Hall–Kier alpha value is -2.21. The average molecular weight is 334 g/mol. The number of nitrogens with one attached hydrogen (secondary N) is 1. The monoisotopic (exact) mass is 334 g/mol. The number of ether oxygens (including phenoxy) is 1. The van der Waals surface area contributed by atoms with E-state index in [1.165, 1.54) is 12.1 Å². The van der Waals surface area contributed by atoms with Crippen LogP contribution in [0.25, 0.3) is 6.08 Å². The summed E-state index contributed by atoms with van der Waals surface area (Å²) in [6, 6.07) is 5.91. The van der Waals surface area contributed by atoms with Gasteiger partial charge in [-0.05, 0) is 44.4 Å². The first-order valence-corrected chi connectivity index (χ1v) is 7.97. The summed E-state index contributed by atoms with van der Waals surface area (Å²) in [6.07, 6.45) is 3.73. The molecule has 0 bridgehead atoms. The molecular formula is C18H26N2O4. The van der Waals surface area contributed by atoms with Gasteiger partial charge in [-0.15, -0.1) is 0 Å². The second-order valence-electron chi connectivity index (χ2n) is 6.91. The van der Waals surface area contributed by atoms with Gasteiger partial charge in [0, 0.05) is 18.7 Å². The van der Waals surface area contributed by atoms with E-state index in [1.807, 2.05) is 46.8 Å². The fraction of sp³-hybridized carbons (Fsp3) is 0.500. The SMILES string of the molecule is CC(C)C(NC/C=C/c1ccc([N+](=O)[O-])cc1)C(=O)OC(C)(C)C. The molecule has 0 heterocycles. The number of carbonyl (C=O) groups excluding carboxylic acids is 1. The molecule has 1 aromatic carbocycles. The molecule has 0 amide bonds. The van der Waals surface area contributed by atoms with Gasteiger partial charge in [0.1, 0.15) is 11.6 Å². The topological polar surface area (TPSA) is 81.5 Å². The number of esters is 1. The fourth-order valence-corrected chi connectivity index (χ4v) is 2.05. The quantitative estimate of drug-likeness (QED) is 0.468. The molecule has 0 aliphatic carbocycles. The zero-order valence-corrected chi connectivity index (χ0v) is 14.9. The summed E-state index contributed by atoms with van der Waals surface area (Å²) in [4.78, 5) is 22.4. The van der Waals surface area contributed by atoms with Gasteiger partial charge in [0.25, 0.3) is 5.69 Å². The summed E-state index contributed by atoms with van der Waals surface area (Å²) >= 11 is 0. The number of nitro benzene ring substituents is 1. The maximum absolute atomic E-state index is 12.2. The minimum absolute atomic E-state index is 0.0649. The molecule has 1 rings (SSSR count). The minimum Gasteiger partial charge on any atom is -0.459 e. The average Bonchev–Trinajstić information content (AvgIpc) is 2.45.